The molecule has 2 nitrogen and oxygen atoms in total. The summed E-state index contributed by atoms with van der Waals surface area (Å²) in [6.45, 7) is 0. The van der Waals surface area contributed by atoms with Gasteiger partial charge in [0.2, 0.25) is 0 Å². The van der Waals surface area contributed by atoms with E-state index in [0.29, 0.717) is 6.42 Å². The van der Waals surface area contributed by atoms with Gasteiger partial charge in [-0.15, -0.1) is 11.3 Å². The van der Waals surface area contributed by atoms with Crippen molar-refractivity contribution in [1.29, 1.82) is 0 Å². The van der Waals surface area contributed by atoms with Crippen LogP contribution in [0.3, 0.4) is 0 Å². The van der Waals surface area contributed by atoms with Gasteiger partial charge in [-0.2, -0.15) is 0 Å². The number of carbonyl (C=O) groups is 1. The molecule has 0 radical (unpaired) electrons. The third kappa shape index (κ3) is 2.84. The van der Waals surface area contributed by atoms with E-state index >= 15 is 0 Å². The van der Waals surface area contributed by atoms with Crippen LogP contribution in [0.5, 0.6) is 0 Å². The van der Waals surface area contributed by atoms with Crippen molar-refractivity contribution >= 4 is 28.7 Å². The Morgan fingerprint density at radius 1 is 1.44 bits per heavy atom. The lowest BCUT2D eigenvalue weighted by Gasteiger charge is -2.27. The Hall–Kier alpha value is -0.380. The Morgan fingerprint density at radius 3 is 2.81 bits per heavy atom. The van der Waals surface area contributed by atoms with E-state index in [1.54, 1.807) is 0 Å². The first-order valence-electron chi connectivity index (χ1n) is 5.69. The van der Waals surface area contributed by atoms with Crippen molar-refractivity contribution in [3.8, 4) is 0 Å². The normalized spacial score (nSPS) is 25.6. The van der Waals surface area contributed by atoms with E-state index in [0.717, 1.165) is 34.9 Å². The van der Waals surface area contributed by atoms with Crippen LogP contribution in [-0.4, -0.2) is 11.8 Å². The van der Waals surface area contributed by atoms with Gasteiger partial charge in [-0.05, 0) is 25.0 Å². The summed E-state index contributed by atoms with van der Waals surface area (Å²) >= 11 is 7.33. The van der Waals surface area contributed by atoms with Gasteiger partial charge in [0.05, 0.1) is 4.34 Å². The highest BCUT2D eigenvalue weighted by Gasteiger charge is 2.28. The molecule has 0 amide bonds. The molecule has 1 aromatic rings. The van der Waals surface area contributed by atoms with Crippen molar-refractivity contribution < 1.29 is 4.79 Å². The van der Waals surface area contributed by atoms with E-state index in [4.69, 9.17) is 17.3 Å². The van der Waals surface area contributed by atoms with Gasteiger partial charge in [0, 0.05) is 23.3 Å². The van der Waals surface area contributed by atoms with Crippen LogP contribution in [0.4, 0.5) is 0 Å². The summed E-state index contributed by atoms with van der Waals surface area (Å²) in [5, 5.41) is 0. The van der Waals surface area contributed by atoms with Crippen molar-refractivity contribution in [2.24, 2.45) is 11.7 Å². The van der Waals surface area contributed by atoms with Crippen LogP contribution in [0.1, 0.15) is 30.6 Å². The fraction of sp³-hybridized carbons (Fsp3) is 0.583. The number of ketones is 1. The number of hydrogen-bond acceptors (Lipinski definition) is 3. The molecule has 1 fully saturated rings. The van der Waals surface area contributed by atoms with Gasteiger partial charge >= 0.3 is 0 Å². The molecule has 1 aliphatic rings. The molecule has 2 rings (SSSR count). The third-order valence-electron chi connectivity index (χ3n) is 3.21. The van der Waals surface area contributed by atoms with Gasteiger partial charge in [-0.3, -0.25) is 4.79 Å². The van der Waals surface area contributed by atoms with Crippen LogP contribution >= 0.6 is 22.9 Å². The Morgan fingerprint density at radius 2 is 2.19 bits per heavy atom. The average Bonchev–Trinajstić information content (AvgIpc) is 2.64. The maximum atomic E-state index is 12.1. The van der Waals surface area contributed by atoms with Gasteiger partial charge in [0.1, 0.15) is 5.78 Å². The third-order valence-corrected chi connectivity index (χ3v) is 4.44. The van der Waals surface area contributed by atoms with E-state index in [2.05, 4.69) is 0 Å². The summed E-state index contributed by atoms with van der Waals surface area (Å²) in [6.07, 6.45) is 4.74. The first-order valence-corrected chi connectivity index (χ1v) is 6.89. The van der Waals surface area contributed by atoms with Gasteiger partial charge in [0.15, 0.2) is 0 Å². The Bertz CT molecular complexity index is 377. The van der Waals surface area contributed by atoms with Crippen molar-refractivity contribution in [3.63, 3.8) is 0 Å². The molecule has 1 aliphatic carbocycles. The molecule has 2 unspecified atom stereocenters. The maximum Gasteiger partial charge on any atom is 0.142 e. The minimum Gasteiger partial charge on any atom is -0.327 e. The molecule has 1 aromatic heterocycles. The van der Waals surface area contributed by atoms with E-state index in [-0.39, 0.29) is 17.7 Å². The zero-order valence-electron chi connectivity index (χ0n) is 9.12. The molecule has 1 heterocycles. The average molecular weight is 258 g/mol. The Kier molecular flexibility index (Phi) is 4.00. The van der Waals surface area contributed by atoms with E-state index in [9.17, 15) is 4.79 Å². The molecule has 0 aliphatic heterocycles. The monoisotopic (exact) mass is 257 g/mol. The molecular weight excluding hydrogens is 242 g/mol. The van der Waals surface area contributed by atoms with E-state index < -0.39 is 0 Å². The second-order valence-electron chi connectivity index (χ2n) is 4.40. The topological polar surface area (TPSA) is 43.1 Å². The highest BCUT2D eigenvalue weighted by molar-refractivity contribution is 7.16. The van der Waals surface area contributed by atoms with Crippen LogP contribution in [0.25, 0.3) is 0 Å². The molecule has 1 saturated carbocycles. The van der Waals surface area contributed by atoms with E-state index in [1.807, 2.05) is 12.1 Å². The SMILES string of the molecule is NC1CCCCC1C(=O)Cc1ccc(Cl)s1. The van der Waals surface area contributed by atoms with Gasteiger partial charge in [-0.25, -0.2) is 0 Å². The lowest BCUT2D eigenvalue weighted by molar-refractivity contribution is -0.123. The van der Waals surface area contributed by atoms with E-state index in [1.165, 1.54) is 11.3 Å². The molecule has 0 bridgehead atoms. The van der Waals surface area contributed by atoms with Gasteiger partial charge in [0.25, 0.3) is 0 Å². The summed E-state index contributed by atoms with van der Waals surface area (Å²) in [6, 6.07) is 3.84. The lowest BCUT2D eigenvalue weighted by Crippen LogP contribution is -2.38. The number of thiophene rings is 1. The maximum absolute atomic E-state index is 12.1. The van der Waals surface area contributed by atoms with Crippen molar-refractivity contribution in [1.82, 2.24) is 0 Å². The van der Waals surface area contributed by atoms with Crippen molar-refractivity contribution in [2.45, 2.75) is 38.1 Å². The number of nitrogens with two attached hydrogens (primary N) is 1. The van der Waals surface area contributed by atoms with Crippen LogP contribution in [-0.2, 0) is 11.2 Å². The Balaban J connectivity index is 1.96. The molecule has 88 valence electrons. The van der Waals surface area contributed by atoms with Crippen LogP contribution in [0, 0.1) is 5.92 Å². The molecule has 2 atom stereocenters. The molecule has 4 heteroatoms. The van der Waals surface area contributed by atoms with Crippen molar-refractivity contribution in [3.05, 3.63) is 21.3 Å². The van der Waals surface area contributed by atoms with Crippen LogP contribution in [0.2, 0.25) is 4.34 Å². The standard InChI is InChI=1S/C12H16ClNOS/c13-12-6-5-8(16-12)7-11(15)9-3-1-2-4-10(9)14/h5-6,9-10H,1-4,7,14H2. The summed E-state index contributed by atoms with van der Waals surface area (Å²) < 4.78 is 0.746. The Labute approximate surface area is 105 Å². The predicted molar refractivity (Wildman–Crippen MR) is 68.0 cm³/mol. The molecule has 0 spiro atoms. The fourth-order valence-corrected chi connectivity index (χ4v) is 3.41. The van der Waals surface area contributed by atoms with Gasteiger partial charge < -0.3 is 5.73 Å². The number of halogens is 1. The fourth-order valence-electron chi connectivity index (χ4n) is 2.31. The zero-order chi connectivity index (χ0) is 11.5. The number of Topliss-reactive ketones (excluding diaryl/α,β-unsaturated/α-hetero) is 1. The summed E-state index contributed by atoms with van der Waals surface area (Å²) in [7, 11) is 0. The van der Waals surface area contributed by atoms with Gasteiger partial charge in [-0.1, -0.05) is 24.4 Å². The largest absolute Gasteiger partial charge is 0.327 e. The molecule has 2 N–H and O–H groups in total. The molecule has 0 aromatic carbocycles. The highest BCUT2D eigenvalue weighted by Crippen LogP contribution is 2.27. The zero-order valence-corrected chi connectivity index (χ0v) is 10.7. The minimum atomic E-state index is 0.0645. The quantitative estimate of drug-likeness (QED) is 0.905. The second kappa shape index (κ2) is 5.30. The first-order chi connectivity index (χ1) is 7.66. The second-order valence-corrected chi connectivity index (χ2v) is 6.20. The van der Waals surface area contributed by atoms with Crippen molar-refractivity contribution in [2.75, 3.05) is 0 Å². The molecule has 16 heavy (non-hydrogen) atoms. The molecular formula is C12H16ClNOS. The predicted octanol–water partition coefficient (Wildman–Crippen LogP) is 3.03. The summed E-state index contributed by atoms with van der Waals surface area (Å²) in [4.78, 5) is 13.1. The molecule has 0 saturated heterocycles. The first kappa shape index (κ1) is 12.1. The number of hydrogen-bond donors (Lipinski definition) is 1. The van der Waals surface area contributed by atoms with Crippen LogP contribution < -0.4 is 5.73 Å². The highest BCUT2D eigenvalue weighted by atomic mass is 35.5. The number of carbonyl (C=O) groups excluding carboxylic acids is 1. The number of rotatable bonds is 3. The van der Waals surface area contributed by atoms with Crippen LogP contribution in [0.15, 0.2) is 12.1 Å². The summed E-state index contributed by atoms with van der Waals surface area (Å²) in [5.74, 6) is 0.348. The lowest BCUT2D eigenvalue weighted by atomic mass is 9.81. The summed E-state index contributed by atoms with van der Waals surface area (Å²) in [5.41, 5.74) is 6.00. The minimum absolute atomic E-state index is 0.0645. The smallest absolute Gasteiger partial charge is 0.142 e.